The van der Waals surface area contributed by atoms with Gasteiger partial charge < -0.3 is 15.2 Å². The van der Waals surface area contributed by atoms with E-state index in [2.05, 4.69) is 17.2 Å². The van der Waals surface area contributed by atoms with Gasteiger partial charge >= 0.3 is 0 Å². The van der Waals surface area contributed by atoms with Crippen molar-refractivity contribution in [3.63, 3.8) is 0 Å². The summed E-state index contributed by atoms with van der Waals surface area (Å²) in [5, 5.41) is 12.1. The van der Waals surface area contributed by atoms with E-state index in [0.717, 1.165) is 24.5 Å². The summed E-state index contributed by atoms with van der Waals surface area (Å²) in [5.41, 5.74) is 1.00. The van der Waals surface area contributed by atoms with Gasteiger partial charge in [0.05, 0.1) is 18.5 Å². The fourth-order valence-corrected chi connectivity index (χ4v) is 1.15. The predicted molar refractivity (Wildman–Crippen MR) is 63.4 cm³/mol. The van der Waals surface area contributed by atoms with Crippen molar-refractivity contribution in [3.8, 4) is 5.75 Å². The molecule has 0 saturated carbocycles. The highest BCUT2D eigenvalue weighted by Gasteiger charge is 2.01. The van der Waals surface area contributed by atoms with E-state index < -0.39 is 0 Å². The van der Waals surface area contributed by atoms with Crippen LogP contribution in [0, 0.1) is 5.92 Å². The molecule has 0 bridgehead atoms. The molecule has 1 aromatic rings. The largest absolute Gasteiger partial charge is 0.492 e. The molecule has 16 heavy (non-hydrogen) atoms. The summed E-state index contributed by atoms with van der Waals surface area (Å²) in [6.45, 7) is 6.38. The third kappa shape index (κ3) is 4.59. The summed E-state index contributed by atoms with van der Waals surface area (Å²) in [6, 6.07) is 3.85. The lowest BCUT2D eigenvalue weighted by Crippen LogP contribution is -2.14. The Labute approximate surface area is 96.7 Å². The fourth-order valence-electron chi connectivity index (χ4n) is 1.15. The number of nitrogens with zero attached hydrogens (tertiary/aromatic N) is 1. The molecule has 0 fully saturated rings. The van der Waals surface area contributed by atoms with Gasteiger partial charge in [-0.15, -0.1) is 0 Å². The molecule has 0 radical (unpaired) electrons. The van der Waals surface area contributed by atoms with Gasteiger partial charge in [0.15, 0.2) is 0 Å². The minimum atomic E-state index is 0.145. The van der Waals surface area contributed by atoms with Crippen LogP contribution >= 0.6 is 0 Å². The monoisotopic (exact) mass is 224 g/mol. The lowest BCUT2D eigenvalue weighted by atomic mass is 10.2. The Bertz CT molecular complexity index is 288. The number of nitrogens with one attached hydrogen (secondary N) is 1. The zero-order valence-corrected chi connectivity index (χ0v) is 9.94. The van der Waals surface area contributed by atoms with Crippen LogP contribution in [0.2, 0.25) is 0 Å². The highest BCUT2D eigenvalue weighted by atomic mass is 16.5. The number of aliphatic hydroxyl groups is 1. The molecule has 2 N–H and O–H groups in total. The topological polar surface area (TPSA) is 54.4 Å². The van der Waals surface area contributed by atoms with Crippen LogP contribution in [0.3, 0.4) is 0 Å². The first-order chi connectivity index (χ1) is 7.76. The summed E-state index contributed by atoms with van der Waals surface area (Å²) < 4.78 is 5.48. The number of rotatable bonds is 7. The number of aliphatic hydroxyl groups excluding tert-OH is 1. The molecular formula is C12H20N2O2. The lowest BCUT2D eigenvalue weighted by molar-refractivity contribution is 0.174. The van der Waals surface area contributed by atoms with Gasteiger partial charge in [-0.3, -0.25) is 4.98 Å². The molecule has 4 nitrogen and oxygen atoms in total. The zero-order valence-electron chi connectivity index (χ0n) is 9.94. The normalized spacial score (nSPS) is 12.4. The van der Waals surface area contributed by atoms with E-state index in [4.69, 9.17) is 9.84 Å². The summed E-state index contributed by atoms with van der Waals surface area (Å²) in [7, 11) is 0. The number of aromatic nitrogens is 1. The van der Waals surface area contributed by atoms with Crippen molar-refractivity contribution >= 4 is 0 Å². The van der Waals surface area contributed by atoms with Crippen molar-refractivity contribution in [3.05, 3.63) is 24.0 Å². The first-order valence-electron chi connectivity index (χ1n) is 5.65. The standard InChI is InChI=1S/C12H20N2O2/c1-3-13-6-11-4-5-12(7-14-11)16-9-10(2)8-15/h4-5,7,10,13,15H,3,6,8-9H2,1-2H3. The Morgan fingerprint density at radius 1 is 1.50 bits per heavy atom. The smallest absolute Gasteiger partial charge is 0.137 e. The summed E-state index contributed by atoms with van der Waals surface area (Å²) in [5.74, 6) is 0.905. The first-order valence-corrected chi connectivity index (χ1v) is 5.65. The number of hydrogen-bond acceptors (Lipinski definition) is 4. The van der Waals surface area contributed by atoms with Gasteiger partial charge in [0.25, 0.3) is 0 Å². The number of pyridine rings is 1. The minimum Gasteiger partial charge on any atom is -0.492 e. The maximum Gasteiger partial charge on any atom is 0.137 e. The Hall–Kier alpha value is -1.13. The van der Waals surface area contributed by atoms with E-state index in [-0.39, 0.29) is 12.5 Å². The molecule has 1 unspecified atom stereocenters. The summed E-state index contributed by atoms with van der Waals surface area (Å²) in [6.07, 6.45) is 1.72. The molecule has 1 aromatic heterocycles. The van der Waals surface area contributed by atoms with Crippen molar-refractivity contribution in [1.29, 1.82) is 0 Å². The Kier molecular flexibility index (Phi) is 5.82. The van der Waals surface area contributed by atoms with Crippen molar-refractivity contribution in [2.45, 2.75) is 20.4 Å². The Morgan fingerprint density at radius 3 is 2.88 bits per heavy atom. The molecule has 0 aliphatic rings. The second-order valence-electron chi connectivity index (χ2n) is 3.86. The van der Waals surface area contributed by atoms with E-state index in [1.165, 1.54) is 0 Å². The summed E-state index contributed by atoms with van der Waals surface area (Å²) in [4.78, 5) is 4.27. The lowest BCUT2D eigenvalue weighted by Gasteiger charge is -2.10. The molecule has 0 saturated heterocycles. The van der Waals surface area contributed by atoms with Gasteiger partial charge in [-0.2, -0.15) is 0 Å². The van der Waals surface area contributed by atoms with Crippen molar-refractivity contribution in [2.75, 3.05) is 19.8 Å². The highest BCUT2D eigenvalue weighted by molar-refractivity contribution is 5.19. The molecular weight excluding hydrogens is 204 g/mol. The van der Waals surface area contributed by atoms with Crippen molar-refractivity contribution in [1.82, 2.24) is 10.3 Å². The van der Waals surface area contributed by atoms with Crippen LogP contribution in [0.25, 0.3) is 0 Å². The minimum absolute atomic E-state index is 0.145. The van der Waals surface area contributed by atoms with Gasteiger partial charge in [0.1, 0.15) is 5.75 Å². The second kappa shape index (κ2) is 7.19. The van der Waals surface area contributed by atoms with Gasteiger partial charge in [-0.25, -0.2) is 0 Å². The van der Waals surface area contributed by atoms with Gasteiger partial charge in [0, 0.05) is 19.1 Å². The maximum atomic E-state index is 8.85. The first kappa shape index (κ1) is 12.9. The zero-order chi connectivity index (χ0) is 11.8. The van der Waals surface area contributed by atoms with Crippen LogP contribution in [0.1, 0.15) is 19.5 Å². The average molecular weight is 224 g/mol. The predicted octanol–water partition coefficient (Wildman–Crippen LogP) is 1.20. The molecule has 90 valence electrons. The Balaban J connectivity index is 2.38. The quantitative estimate of drug-likeness (QED) is 0.730. The summed E-state index contributed by atoms with van der Waals surface area (Å²) >= 11 is 0. The van der Waals surface area contributed by atoms with E-state index in [0.29, 0.717) is 6.61 Å². The molecule has 1 heterocycles. The van der Waals surface area contributed by atoms with Gasteiger partial charge in [0.2, 0.25) is 0 Å². The van der Waals surface area contributed by atoms with Gasteiger partial charge in [-0.05, 0) is 18.7 Å². The van der Waals surface area contributed by atoms with Crippen LogP contribution in [0.4, 0.5) is 0 Å². The molecule has 1 atom stereocenters. The van der Waals surface area contributed by atoms with Crippen LogP contribution in [-0.2, 0) is 6.54 Å². The molecule has 1 rings (SSSR count). The molecule has 0 aliphatic carbocycles. The van der Waals surface area contributed by atoms with E-state index in [1.807, 2.05) is 19.1 Å². The molecule has 0 aromatic carbocycles. The van der Waals surface area contributed by atoms with Crippen molar-refractivity contribution in [2.24, 2.45) is 5.92 Å². The highest BCUT2D eigenvalue weighted by Crippen LogP contribution is 2.10. The van der Waals surface area contributed by atoms with E-state index in [9.17, 15) is 0 Å². The number of ether oxygens (including phenoxy) is 1. The molecule has 0 spiro atoms. The number of hydrogen-bond donors (Lipinski definition) is 2. The molecule has 0 amide bonds. The van der Waals surface area contributed by atoms with Crippen LogP contribution in [0.15, 0.2) is 18.3 Å². The molecule has 4 heteroatoms. The molecule has 0 aliphatic heterocycles. The van der Waals surface area contributed by atoms with Gasteiger partial charge in [-0.1, -0.05) is 13.8 Å². The Morgan fingerprint density at radius 2 is 2.31 bits per heavy atom. The average Bonchev–Trinajstić information content (AvgIpc) is 2.34. The van der Waals surface area contributed by atoms with Crippen LogP contribution in [0.5, 0.6) is 5.75 Å². The fraction of sp³-hybridized carbons (Fsp3) is 0.583. The second-order valence-corrected chi connectivity index (χ2v) is 3.86. The van der Waals surface area contributed by atoms with Crippen molar-refractivity contribution < 1.29 is 9.84 Å². The third-order valence-corrected chi connectivity index (χ3v) is 2.20. The van der Waals surface area contributed by atoms with E-state index in [1.54, 1.807) is 6.20 Å². The third-order valence-electron chi connectivity index (χ3n) is 2.20. The van der Waals surface area contributed by atoms with Crippen LogP contribution < -0.4 is 10.1 Å². The maximum absolute atomic E-state index is 8.85. The van der Waals surface area contributed by atoms with E-state index >= 15 is 0 Å². The SMILES string of the molecule is CCNCc1ccc(OCC(C)CO)cn1. The van der Waals surface area contributed by atoms with Crippen LogP contribution in [-0.4, -0.2) is 29.8 Å².